The molecule has 0 saturated heterocycles. The lowest BCUT2D eigenvalue weighted by Gasteiger charge is -2.03. The lowest BCUT2D eigenvalue weighted by atomic mass is 10.2. The van der Waals surface area contributed by atoms with Crippen LogP contribution in [0.2, 0.25) is 0 Å². The zero-order valence-electron chi connectivity index (χ0n) is 10.8. The number of thiophene rings is 1. The highest BCUT2D eigenvalue weighted by atomic mass is 32.2. The Morgan fingerprint density at radius 2 is 2.10 bits per heavy atom. The number of nitrogens with zero attached hydrogens (tertiary/aromatic N) is 3. The van der Waals surface area contributed by atoms with Gasteiger partial charge in [-0.15, -0.1) is 21.5 Å². The summed E-state index contributed by atoms with van der Waals surface area (Å²) in [6.45, 7) is 3.96. The van der Waals surface area contributed by atoms with Crippen molar-refractivity contribution in [2.24, 2.45) is 0 Å². The minimum absolute atomic E-state index is 0.0902. The molecule has 2 rings (SSSR count). The molecule has 0 aliphatic carbocycles. The van der Waals surface area contributed by atoms with Gasteiger partial charge in [0.2, 0.25) is 0 Å². The normalized spacial score (nSPS) is 11.3. The summed E-state index contributed by atoms with van der Waals surface area (Å²) < 4.78 is 29.0. The molecular formula is C12H11N3O3S2. The molecule has 0 radical (unpaired) electrons. The van der Waals surface area contributed by atoms with Crippen LogP contribution in [0.1, 0.15) is 30.3 Å². The number of nitriles is 1. The van der Waals surface area contributed by atoms with Gasteiger partial charge in [-0.05, 0) is 18.1 Å². The second-order valence-electron chi connectivity index (χ2n) is 4.25. The maximum absolute atomic E-state index is 12.0. The van der Waals surface area contributed by atoms with E-state index in [9.17, 15) is 8.42 Å². The summed E-state index contributed by atoms with van der Waals surface area (Å²) in [7, 11) is -3.92. The molecule has 0 unspecified atom stereocenters. The maximum atomic E-state index is 12.0. The Bertz CT molecular complexity index is 743. The summed E-state index contributed by atoms with van der Waals surface area (Å²) in [5.41, 5.74) is 0.0902. The van der Waals surface area contributed by atoms with Gasteiger partial charge >= 0.3 is 10.1 Å². The van der Waals surface area contributed by atoms with E-state index in [2.05, 4.69) is 10.2 Å². The number of hydrogen-bond acceptors (Lipinski definition) is 7. The molecule has 2 aromatic heterocycles. The molecule has 0 aromatic carbocycles. The maximum Gasteiger partial charge on any atom is 0.341 e. The minimum Gasteiger partial charge on any atom is -0.356 e. The molecule has 104 valence electrons. The largest absolute Gasteiger partial charge is 0.356 e. The Morgan fingerprint density at radius 3 is 2.60 bits per heavy atom. The SMILES string of the molecule is CC(C)c1cc(S(=O)(=O)Oc2ccc(C#N)nn2)cs1. The van der Waals surface area contributed by atoms with E-state index >= 15 is 0 Å². The molecule has 0 amide bonds. The van der Waals surface area contributed by atoms with E-state index in [1.54, 1.807) is 12.1 Å². The standard InChI is InChI=1S/C12H11N3O3S2/c1-8(2)11-5-10(7-19-11)20(16,17)18-12-4-3-9(6-13)14-15-12/h3-5,7-8H,1-2H3. The Hall–Kier alpha value is -1.98. The first-order valence-electron chi connectivity index (χ1n) is 5.69. The van der Waals surface area contributed by atoms with Crippen LogP contribution in [0.3, 0.4) is 0 Å². The van der Waals surface area contributed by atoms with Crippen LogP contribution in [-0.4, -0.2) is 18.6 Å². The molecular weight excluding hydrogens is 298 g/mol. The van der Waals surface area contributed by atoms with Crippen LogP contribution in [0.5, 0.6) is 5.88 Å². The van der Waals surface area contributed by atoms with E-state index in [1.807, 2.05) is 13.8 Å². The van der Waals surface area contributed by atoms with Crippen LogP contribution in [0.25, 0.3) is 0 Å². The summed E-state index contributed by atoms with van der Waals surface area (Å²) in [6.07, 6.45) is 0. The van der Waals surface area contributed by atoms with Crippen molar-refractivity contribution in [3.05, 3.63) is 34.2 Å². The average Bonchev–Trinajstić information content (AvgIpc) is 2.90. The molecule has 2 aromatic rings. The first-order chi connectivity index (χ1) is 9.42. The molecule has 0 atom stereocenters. The number of rotatable bonds is 4. The Kier molecular flexibility index (Phi) is 4.01. The van der Waals surface area contributed by atoms with Gasteiger partial charge in [-0.25, -0.2) is 0 Å². The van der Waals surface area contributed by atoms with E-state index in [1.165, 1.54) is 28.8 Å². The quantitative estimate of drug-likeness (QED) is 0.804. The van der Waals surface area contributed by atoms with Crippen molar-refractivity contribution in [2.75, 3.05) is 0 Å². The fourth-order valence-corrected chi connectivity index (χ4v) is 3.51. The summed E-state index contributed by atoms with van der Waals surface area (Å²) in [6, 6.07) is 6.00. The Morgan fingerprint density at radius 1 is 1.35 bits per heavy atom. The van der Waals surface area contributed by atoms with Gasteiger partial charge in [0.25, 0.3) is 5.88 Å². The van der Waals surface area contributed by atoms with Gasteiger partial charge in [-0.2, -0.15) is 13.7 Å². The van der Waals surface area contributed by atoms with Gasteiger partial charge < -0.3 is 4.18 Å². The van der Waals surface area contributed by atoms with Crippen molar-refractivity contribution in [3.8, 4) is 11.9 Å². The topological polar surface area (TPSA) is 92.9 Å². The van der Waals surface area contributed by atoms with Gasteiger partial charge in [0.15, 0.2) is 5.69 Å². The fourth-order valence-electron chi connectivity index (χ4n) is 1.35. The molecule has 6 nitrogen and oxygen atoms in total. The van der Waals surface area contributed by atoms with Crippen molar-refractivity contribution < 1.29 is 12.6 Å². The van der Waals surface area contributed by atoms with Gasteiger partial charge in [-0.3, -0.25) is 0 Å². The predicted octanol–water partition coefficient (Wildman–Crippen LogP) is 2.30. The summed E-state index contributed by atoms with van der Waals surface area (Å²) in [4.78, 5) is 1.05. The molecule has 0 N–H and O–H groups in total. The first kappa shape index (κ1) is 14.4. The van der Waals surface area contributed by atoms with Gasteiger partial charge in [0, 0.05) is 16.3 Å². The molecule has 20 heavy (non-hydrogen) atoms. The van der Waals surface area contributed by atoms with Gasteiger partial charge in [0.05, 0.1) is 0 Å². The van der Waals surface area contributed by atoms with Crippen molar-refractivity contribution in [1.29, 1.82) is 5.26 Å². The highest BCUT2D eigenvalue weighted by molar-refractivity contribution is 7.87. The van der Waals surface area contributed by atoms with Gasteiger partial charge in [0.1, 0.15) is 11.0 Å². The molecule has 2 heterocycles. The molecule has 0 bridgehead atoms. The second kappa shape index (κ2) is 5.56. The zero-order valence-corrected chi connectivity index (χ0v) is 12.4. The van der Waals surface area contributed by atoms with Crippen LogP contribution in [0.15, 0.2) is 28.5 Å². The highest BCUT2D eigenvalue weighted by Crippen LogP contribution is 2.27. The summed E-state index contributed by atoms with van der Waals surface area (Å²) in [5.74, 6) is 0.0833. The fraction of sp³-hybridized carbons (Fsp3) is 0.250. The van der Waals surface area contributed by atoms with Crippen LogP contribution >= 0.6 is 11.3 Å². The third kappa shape index (κ3) is 3.12. The predicted molar refractivity (Wildman–Crippen MR) is 73.0 cm³/mol. The molecule has 0 fully saturated rings. The van der Waals surface area contributed by atoms with E-state index in [0.717, 1.165) is 4.88 Å². The van der Waals surface area contributed by atoms with Crippen LogP contribution in [0, 0.1) is 11.3 Å². The number of aromatic nitrogens is 2. The Labute approximate surface area is 120 Å². The van der Waals surface area contributed by atoms with E-state index in [0.29, 0.717) is 0 Å². The van der Waals surface area contributed by atoms with E-state index in [4.69, 9.17) is 9.44 Å². The monoisotopic (exact) mass is 309 g/mol. The molecule has 0 aliphatic rings. The summed E-state index contributed by atoms with van der Waals surface area (Å²) in [5, 5.41) is 17.2. The van der Waals surface area contributed by atoms with Crippen molar-refractivity contribution >= 4 is 21.5 Å². The molecule has 0 saturated carbocycles. The van der Waals surface area contributed by atoms with Crippen LogP contribution in [-0.2, 0) is 10.1 Å². The van der Waals surface area contributed by atoms with E-state index in [-0.39, 0.29) is 22.4 Å². The van der Waals surface area contributed by atoms with Crippen LogP contribution in [0.4, 0.5) is 0 Å². The molecule has 0 aliphatic heterocycles. The highest BCUT2D eigenvalue weighted by Gasteiger charge is 2.20. The minimum atomic E-state index is -3.92. The molecule has 0 spiro atoms. The van der Waals surface area contributed by atoms with Gasteiger partial charge in [-0.1, -0.05) is 13.8 Å². The lowest BCUT2D eigenvalue weighted by Crippen LogP contribution is -2.10. The average molecular weight is 309 g/mol. The first-order valence-corrected chi connectivity index (χ1v) is 7.98. The van der Waals surface area contributed by atoms with Crippen LogP contribution < -0.4 is 4.18 Å². The number of hydrogen-bond donors (Lipinski definition) is 0. The summed E-state index contributed by atoms with van der Waals surface area (Å²) >= 11 is 1.36. The second-order valence-corrected chi connectivity index (χ2v) is 6.73. The third-order valence-corrected chi connectivity index (χ3v) is 4.99. The smallest absolute Gasteiger partial charge is 0.341 e. The Balaban J connectivity index is 2.23. The lowest BCUT2D eigenvalue weighted by molar-refractivity contribution is 0.471. The van der Waals surface area contributed by atoms with Crippen molar-refractivity contribution in [3.63, 3.8) is 0 Å². The van der Waals surface area contributed by atoms with E-state index < -0.39 is 10.1 Å². The van der Waals surface area contributed by atoms with Crippen molar-refractivity contribution in [1.82, 2.24) is 10.2 Å². The molecule has 8 heteroatoms. The zero-order chi connectivity index (χ0) is 14.8. The third-order valence-electron chi connectivity index (χ3n) is 2.40. The van der Waals surface area contributed by atoms with Crippen molar-refractivity contribution in [2.45, 2.75) is 24.7 Å².